The first kappa shape index (κ1) is 12.5. The van der Waals surface area contributed by atoms with Crippen molar-refractivity contribution < 1.29 is 14.6 Å². The smallest absolute Gasteiger partial charge is 0.265 e. The van der Waals surface area contributed by atoms with E-state index in [-0.39, 0.29) is 11.1 Å². The molecule has 0 spiro atoms. The number of nitrogens with zero attached hydrogens (tertiary/aromatic N) is 4. The number of nitro groups is 2. The van der Waals surface area contributed by atoms with Gasteiger partial charge < -0.3 is 0 Å². The first-order chi connectivity index (χ1) is 8.91. The van der Waals surface area contributed by atoms with Crippen LogP contribution in [-0.4, -0.2) is 15.8 Å². The summed E-state index contributed by atoms with van der Waals surface area (Å²) in [6, 6.07) is 3.22. The first-order valence-corrected chi connectivity index (χ1v) is 5.02. The zero-order chi connectivity index (χ0) is 14.2. The molecule has 0 fully saturated rings. The molecule has 2 rings (SSSR count). The lowest BCUT2D eigenvalue weighted by atomic mass is 10.0. The van der Waals surface area contributed by atoms with Gasteiger partial charge in [-0.25, -0.2) is 0 Å². The Morgan fingerprint density at radius 3 is 2.16 bits per heavy atom. The summed E-state index contributed by atoms with van der Waals surface area (Å²) in [6.07, 6.45) is 0. The van der Waals surface area contributed by atoms with E-state index in [2.05, 4.69) is 10.2 Å². The number of amides is 1. The third-order valence-corrected chi connectivity index (χ3v) is 2.52. The number of hydrogen-bond donors (Lipinski definition) is 0. The van der Waals surface area contributed by atoms with Crippen molar-refractivity contribution in [2.45, 2.75) is 6.92 Å². The molecule has 9 nitrogen and oxygen atoms in total. The molecule has 0 N–H and O–H groups in total. The number of hydrogen-bond acceptors (Lipinski definition) is 6. The number of allylic oxidation sites excluding steroid dienone is 1. The second-order valence-corrected chi connectivity index (χ2v) is 3.68. The molecule has 1 aromatic carbocycles. The average Bonchev–Trinajstić information content (AvgIpc) is 2.68. The molecule has 9 heteroatoms. The normalized spacial score (nSPS) is 14.1. The summed E-state index contributed by atoms with van der Waals surface area (Å²) < 4.78 is 0. The van der Waals surface area contributed by atoms with Crippen LogP contribution in [0.25, 0.3) is 5.57 Å². The Hall–Kier alpha value is -2.97. The maximum Gasteiger partial charge on any atom is 0.346 e. The van der Waals surface area contributed by atoms with Gasteiger partial charge in [-0.2, -0.15) is 5.11 Å². The Labute approximate surface area is 105 Å². The van der Waals surface area contributed by atoms with Crippen LogP contribution in [0.3, 0.4) is 0 Å². The van der Waals surface area contributed by atoms with Crippen LogP contribution in [-0.2, 0) is 4.79 Å². The van der Waals surface area contributed by atoms with Gasteiger partial charge in [0.1, 0.15) is 0 Å². The van der Waals surface area contributed by atoms with E-state index >= 15 is 0 Å². The third kappa shape index (κ3) is 2.08. The molecule has 0 aliphatic carbocycles. The summed E-state index contributed by atoms with van der Waals surface area (Å²) in [4.78, 5) is 31.2. The molecule has 1 aliphatic rings. The molecule has 0 bridgehead atoms. The fourth-order valence-electron chi connectivity index (χ4n) is 1.69. The van der Waals surface area contributed by atoms with E-state index in [1.807, 2.05) is 0 Å². The molecule has 1 aliphatic heterocycles. The Morgan fingerprint density at radius 1 is 1.05 bits per heavy atom. The van der Waals surface area contributed by atoms with Gasteiger partial charge in [0.25, 0.3) is 5.91 Å². The molecule has 0 unspecified atom stereocenters. The maximum atomic E-state index is 11.5. The van der Waals surface area contributed by atoms with Crippen LogP contribution in [0.1, 0.15) is 12.5 Å². The number of rotatable bonds is 3. The minimum absolute atomic E-state index is 0.109. The van der Waals surface area contributed by atoms with Gasteiger partial charge >= 0.3 is 11.4 Å². The van der Waals surface area contributed by atoms with Crippen LogP contribution in [0.2, 0.25) is 0 Å². The van der Waals surface area contributed by atoms with Crippen molar-refractivity contribution in [3.8, 4) is 0 Å². The van der Waals surface area contributed by atoms with E-state index in [0.717, 1.165) is 12.1 Å². The molecule has 0 saturated carbocycles. The summed E-state index contributed by atoms with van der Waals surface area (Å²) in [5, 5.41) is 28.4. The molecule has 0 radical (unpaired) electrons. The highest BCUT2D eigenvalue weighted by molar-refractivity contribution is 6.22. The lowest BCUT2D eigenvalue weighted by molar-refractivity contribution is -0.422. The molecular weight excluding hydrogens is 256 g/mol. The maximum absolute atomic E-state index is 11.5. The number of azo groups is 1. The molecule has 0 atom stereocenters. The van der Waals surface area contributed by atoms with Crippen molar-refractivity contribution in [1.29, 1.82) is 0 Å². The summed E-state index contributed by atoms with van der Waals surface area (Å²) in [5.41, 5.74) is -0.704. The van der Waals surface area contributed by atoms with Crippen LogP contribution in [0, 0.1) is 20.2 Å². The standard InChI is InChI=1S/C10H6N4O5/c1-5-9(10(15)12-11-5)6-2-3-7(13(16)17)8(4-6)14(18)19/h2-4H,1H3. The topological polar surface area (TPSA) is 128 Å². The van der Waals surface area contributed by atoms with Crippen molar-refractivity contribution >= 4 is 22.9 Å². The zero-order valence-electron chi connectivity index (χ0n) is 9.56. The summed E-state index contributed by atoms with van der Waals surface area (Å²) in [7, 11) is 0. The van der Waals surface area contributed by atoms with Crippen LogP contribution in [0.15, 0.2) is 34.1 Å². The molecule has 1 heterocycles. The fraction of sp³-hybridized carbons (Fsp3) is 0.100. The van der Waals surface area contributed by atoms with Crippen LogP contribution in [0.4, 0.5) is 11.4 Å². The molecule has 1 amide bonds. The zero-order valence-corrected chi connectivity index (χ0v) is 9.56. The van der Waals surface area contributed by atoms with E-state index < -0.39 is 27.1 Å². The second-order valence-electron chi connectivity index (χ2n) is 3.68. The summed E-state index contributed by atoms with van der Waals surface area (Å²) >= 11 is 0. The van der Waals surface area contributed by atoms with Gasteiger partial charge in [-0.1, -0.05) is 0 Å². The monoisotopic (exact) mass is 262 g/mol. The van der Waals surface area contributed by atoms with E-state index in [9.17, 15) is 25.0 Å². The van der Waals surface area contributed by atoms with E-state index in [0.29, 0.717) is 5.70 Å². The molecule has 0 aromatic heterocycles. The Morgan fingerprint density at radius 2 is 1.68 bits per heavy atom. The SMILES string of the molecule is CC1=C(c2ccc([N+](=O)[O-])c([N+](=O)[O-])c2)C(=O)N=N1. The largest absolute Gasteiger partial charge is 0.346 e. The number of benzene rings is 1. The quantitative estimate of drug-likeness (QED) is 0.609. The van der Waals surface area contributed by atoms with Crippen molar-refractivity contribution in [3.05, 3.63) is 49.7 Å². The van der Waals surface area contributed by atoms with Crippen molar-refractivity contribution in [3.63, 3.8) is 0 Å². The van der Waals surface area contributed by atoms with Gasteiger partial charge in [0.2, 0.25) is 0 Å². The molecule has 96 valence electrons. The molecule has 1 aromatic rings. The molecular formula is C10H6N4O5. The van der Waals surface area contributed by atoms with Crippen molar-refractivity contribution in [2.75, 3.05) is 0 Å². The van der Waals surface area contributed by atoms with Gasteiger partial charge in [0, 0.05) is 12.1 Å². The number of carbonyl (C=O) groups is 1. The van der Waals surface area contributed by atoms with Gasteiger partial charge in [0.15, 0.2) is 0 Å². The lowest BCUT2D eigenvalue weighted by Gasteiger charge is -2.01. The molecule has 19 heavy (non-hydrogen) atoms. The second kappa shape index (κ2) is 4.37. The minimum Gasteiger partial charge on any atom is -0.265 e. The van der Waals surface area contributed by atoms with E-state index in [4.69, 9.17) is 0 Å². The van der Waals surface area contributed by atoms with Crippen molar-refractivity contribution in [1.82, 2.24) is 0 Å². The third-order valence-electron chi connectivity index (χ3n) is 2.52. The Balaban J connectivity index is 2.60. The average molecular weight is 262 g/mol. The van der Waals surface area contributed by atoms with Crippen LogP contribution >= 0.6 is 0 Å². The van der Waals surface area contributed by atoms with Crippen LogP contribution < -0.4 is 0 Å². The summed E-state index contributed by atoms with van der Waals surface area (Å²) in [6.45, 7) is 1.52. The minimum atomic E-state index is -0.870. The van der Waals surface area contributed by atoms with E-state index in [1.54, 1.807) is 0 Å². The Kier molecular flexibility index (Phi) is 2.87. The van der Waals surface area contributed by atoms with Gasteiger partial charge in [-0.05, 0) is 18.6 Å². The van der Waals surface area contributed by atoms with Crippen LogP contribution in [0.5, 0.6) is 0 Å². The van der Waals surface area contributed by atoms with Gasteiger partial charge in [-0.15, -0.1) is 5.11 Å². The Bertz CT molecular complexity index is 676. The van der Waals surface area contributed by atoms with Gasteiger partial charge in [0.05, 0.1) is 21.1 Å². The van der Waals surface area contributed by atoms with E-state index in [1.165, 1.54) is 13.0 Å². The highest BCUT2D eigenvalue weighted by Gasteiger charge is 2.28. The predicted octanol–water partition coefficient (Wildman–Crippen LogP) is 2.23. The lowest BCUT2D eigenvalue weighted by Crippen LogP contribution is -2.00. The number of carbonyl (C=O) groups excluding carboxylic acids is 1. The molecule has 0 saturated heterocycles. The van der Waals surface area contributed by atoms with Gasteiger partial charge in [-0.3, -0.25) is 25.0 Å². The highest BCUT2D eigenvalue weighted by Crippen LogP contribution is 2.33. The first-order valence-electron chi connectivity index (χ1n) is 5.02. The fourth-order valence-corrected chi connectivity index (χ4v) is 1.69. The highest BCUT2D eigenvalue weighted by atomic mass is 16.6. The van der Waals surface area contributed by atoms with Crippen molar-refractivity contribution in [2.24, 2.45) is 10.2 Å². The predicted molar refractivity (Wildman–Crippen MR) is 62.2 cm³/mol. The summed E-state index contributed by atoms with van der Waals surface area (Å²) in [5.74, 6) is -0.624. The number of nitro benzene ring substituents is 2.